The molecule has 0 aromatic carbocycles. The van der Waals surface area contributed by atoms with Crippen LogP contribution in [0.3, 0.4) is 0 Å². The van der Waals surface area contributed by atoms with Crippen molar-refractivity contribution in [1.29, 1.82) is 0 Å². The van der Waals surface area contributed by atoms with E-state index < -0.39 is 0 Å². The van der Waals surface area contributed by atoms with Crippen LogP contribution in [0.4, 0.5) is 0 Å². The number of likely N-dealkylation sites (N-methyl/N-ethyl adjacent to an activating group) is 2. The maximum atomic E-state index is 11.8. The molecular formula is C36H72Cl2N2O4. The van der Waals surface area contributed by atoms with E-state index in [-0.39, 0.29) is 36.8 Å². The van der Waals surface area contributed by atoms with Crippen LogP contribution in [0.1, 0.15) is 142 Å². The van der Waals surface area contributed by atoms with Crippen LogP contribution in [-0.4, -0.2) is 88.5 Å². The molecule has 0 aromatic heterocycles. The summed E-state index contributed by atoms with van der Waals surface area (Å²) in [6.45, 7) is 10.1. The Morgan fingerprint density at radius 1 is 0.477 bits per heavy atom. The van der Waals surface area contributed by atoms with E-state index in [0.29, 0.717) is 26.1 Å². The normalized spacial score (nSPS) is 11.7. The molecule has 0 amide bonds. The SMILES string of the molecule is CCCCCCCC(=O)OCCCCCC[N+](C)(C)C/C=C/C[N+](C)(C)CCCCCCOC(=O)CCCCCCC.[Cl-].[Cl-]. The van der Waals surface area contributed by atoms with Crippen LogP contribution in [-0.2, 0) is 19.1 Å². The van der Waals surface area contributed by atoms with Crippen LogP contribution in [0.5, 0.6) is 0 Å². The Labute approximate surface area is 286 Å². The van der Waals surface area contributed by atoms with E-state index in [9.17, 15) is 9.59 Å². The average Bonchev–Trinajstić information content (AvgIpc) is 2.94. The van der Waals surface area contributed by atoms with Gasteiger partial charge in [0, 0.05) is 12.8 Å². The molecule has 44 heavy (non-hydrogen) atoms. The predicted octanol–water partition coefficient (Wildman–Crippen LogP) is 2.63. The summed E-state index contributed by atoms with van der Waals surface area (Å²) < 4.78 is 12.8. The summed E-state index contributed by atoms with van der Waals surface area (Å²) in [7, 11) is 9.27. The number of esters is 2. The van der Waals surface area contributed by atoms with Crippen molar-refractivity contribution in [3.05, 3.63) is 12.2 Å². The van der Waals surface area contributed by atoms with E-state index in [2.05, 4.69) is 54.2 Å². The number of hydrogen-bond donors (Lipinski definition) is 0. The van der Waals surface area contributed by atoms with Gasteiger partial charge < -0.3 is 43.3 Å². The highest BCUT2D eigenvalue weighted by atomic mass is 35.5. The lowest BCUT2D eigenvalue weighted by Gasteiger charge is -2.30. The van der Waals surface area contributed by atoms with Crippen LogP contribution in [0.25, 0.3) is 0 Å². The molecule has 0 unspecified atom stereocenters. The summed E-state index contributed by atoms with van der Waals surface area (Å²) in [6, 6.07) is 0. The number of unbranched alkanes of at least 4 members (excludes halogenated alkanes) is 14. The Kier molecular flexibility index (Phi) is 34.8. The minimum atomic E-state index is -0.0175. The van der Waals surface area contributed by atoms with Gasteiger partial charge in [-0.2, -0.15) is 0 Å². The van der Waals surface area contributed by atoms with E-state index in [1.807, 2.05) is 0 Å². The van der Waals surface area contributed by atoms with Gasteiger partial charge in [-0.25, -0.2) is 0 Å². The molecule has 0 fully saturated rings. The Morgan fingerprint density at radius 3 is 1.16 bits per heavy atom. The van der Waals surface area contributed by atoms with E-state index in [4.69, 9.17) is 9.47 Å². The van der Waals surface area contributed by atoms with Crippen LogP contribution in [0.15, 0.2) is 12.2 Å². The van der Waals surface area contributed by atoms with Crippen molar-refractivity contribution in [2.24, 2.45) is 0 Å². The fourth-order valence-corrected chi connectivity index (χ4v) is 5.16. The Balaban J connectivity index is -0.00000840. The standard InChI is InChI=1S/C36H72N2O4.2ClH/c1-7-9-11-13-19-27-35(39)41-33-25-17-15-21-29-37(3,4)31-23-24-32-38(5,6)30-22-16-18-26-34-42-36(40)28-20-14-12-10-8-2;;/h23-24H,7-22,25-34H2,1-6H3;2*1H/q+2;;/p-2/b24-23+;;. The molecule has 0 aliphatic carbocycles. The monoisotopic (exact) mass is 666 g/mol. The molecular weight excluding hydrogens is 595 g/mol. The van der Waals surface area contributed by atoms with E-state index >= 15 is 0 Å². The fourth-order valence-electron chi connectivity index (χ4n) is 5.16. The zero-order valence-electron chi connectivity index (χ0n) is 29.8. The smallest absolute Gasteiger partial charge is 0.305 e. The molecule has 0 bridgehead atoms. The summed E-state index contributed by atoms with van der Waals surface area (Å²) in [5.74, 6) is -0.0351. The third kappa shape index (κ3) is 34.1. The summed E-state index contributed by atoms with van der Waals surface area (Å²) in [5, 5.41) is 0. The molecule has 0 saturated heterocycles. The summed E-state index contributed by atoms with van der Waals surface area (Å²) in [5.41, 5.74) is 0. The third-order valence-electron chi connectivity index (χ3n) is 8.18. The first-order valence-corrected chi connectivity index (χ1v) is 17.7. The van der Waals surface area contributed by atoms with Crippen molar-refractivity contribution in [3.63, 3.8) is 0 Å². The highest BCUT2D eigenvalue weighted by molar-refractivity contribution is 5.69. The number of carbonyl (C=O) groups excluding carboxylic acids is 2. The summed E-state index contributed by atoms with van der Waals surface area (Å²) in [4.78, 5) is 23.6. The summed E-state index contributed by atoms with van der Waals surface area (Å²) in [6.07, 6.45) is 26.6. The van der Waals surface area contributed by atoms with Crippen LogP contribution in [0.2, 0.25) is 0 Å². The molecule has 0 aliphatic heterocycles. The third-order valence-corrected chi connectivity index (χ3v) is 8.18. The van der Waals surface area contributed by atoms with Gasteiger partial charge in [0.2, 0.25) is 0 Å². The van der Waals surface area contributed by atoms with Gasteiger partial charge in [0.05, 0.1) is 67.6 Å². The van der Waals surface area contributed by atoms with Gasteiger partial charge in [-0.1, -0.05) is 65.2 Å². The molecule has 264 valence electrons. The fraction of sp³-hybridized carbons (Fsp3) is 0.889. The largest absolute Gasteiger partial charge is 1.00 e. The van der Waals surface area contributed by atoms with Gasteiger partial charge in [-0.15, -0.1) is 0 Å². The highest BCUT2D eigenvalue weighted by Crippen LogP contribution is 2.10. The maximum absolute atomic E-state index is 11.8. The van der Waals surface area contributed by atoms with Crippen molar-refractivity contribution < 1.29 is 52.8 Å². The molecule has 0 aliphatic rings. The topological polar surface area (TPSA) is 52.6 Å². The number of hydrogen-bond acceptors (Lipinski definition) is 4. The second kappa shape index (κ2) is 32.1. The molecule has 0 radical (unpaired) electrons. The molecule has 0 saturated carbocycles. The lowest BCUT2D eigenvalue weighted by molar-refractivity contribution is -0.887. The Bertz CT molecular complexity index is 631. The van der Waals surface area contributed by atoms with Crippen molar-refractivity contribution >= 4 is 11.9 Å². The van der Waals surface area contributed by atoms with Crippen LogP contribution < -0.4 is 24.8 Å². The second-order valence-corrected chi connectivity index (χ2v) is 13.8. The Morgan fingerprint density at radius 2 is 0.795 bits per heavy atom. The van der Waals surface area contributed by atoms with Gasteiger partial charge in [0.1, 0.15) is 0 Å². The number of quaternary nitrogens is 2. The van der Waals surface area contributed by atoms with Crippen LogP contribution in [0, 0.1) is 0 Å². The number of halogens is 2. The van der Waals surface area contributed by atoms with Gasteiger partial charge in [-0.3, -0.25) is 9.59 Å². The van der Waals surface area contributed by atoms with Gasteiger partial charge in [-0.05, 0) is 76.4 Å². The number of nitrogens with zero attached hydrogens (tertiary/aromatic N) is 2. The second-order valence-electron chi connectivity index (χ2n) is 13.8. The quantitative estimate of drug-likeness (QED) is 0.0512. The molecule has 0 N–H and O–H groups in total. The first kappa shape index (κ1) is 47.6. The van der Waals surface area contributed by atoms with Crippen LogP contribution >= 0.6 is 0 Å². The number of carbonyl (C=O) groups is 2. The molecule has 8 heteroatoms. The van der Waals surface area contributed by atoms with Crippen molar-refractivity contribution in [3.8, 4) is 0 Å². The van der Waals surface area contributed by atoms with Crippen molar-refractivity contribution in [1.82, 2.24) is 0 Å². The molecule has 0 atom stereocenters. The predicted molar refractivity (Wildman–Crippen MR) is 178 cm³/mol. The molecule has 6 nitrogen and oxygen atoms in total. The molecule has 0 aromatic rings. The van der Waals surface area contributed by atoms with Gasteiger partial charge in [0.15, 0.2) is 0 Å². The minimum Gasteiger partial charge on any atom is -1.00 e. The Hall–Kier alpha value is -0.820. The lowest BCUT2D eigenvalue weighted by atomic mass is 10.1. The number of ether oxygens (including phenoxy) is 2. The molecule has 0 rings (SSSR count). The minimum absolute atomic E-state index is 0. The van der Waals surface area contributed by atoms with Crippen molar-refractivity contribution in [2.45, 2.75) is 142 Å². The zero-order valence-corrected chi connectivity index (χ0v) is 31.3. The number of rotatable bonds is 30. The highest BCUT2D eigenvalue weighted by Gasteiger charge is 2.15. The summed E-state index contributed by atoms with van der Waals surface area (Å²) >= 11 is 0. The molecule has 0 spiro atoms. The first-order valence-electron chi connectivity index (χ1n) is 17.7. The van der Waals surface area contributed by atoms with E-state index in [1.165, 1.54) is 77.3 Å². The van der Waals surface area contributed by atoms with Gasteiger partial charge in [0.25, 0.3) is 0 Å². The molecule has 0 heterocycles. The van der Waals surface area contributed by atoms with Crippen molar-refractivity contribution in [2.75, 3.05) is 67.6 Å². The maximum Gasteiger partial charge on any atom is 0.305 e. The zero-order chi connectivity index (χ0) is 31.4. The van der Waals surface area contributed by atoms with Gasteiger partial charge >= 0.3 is 11.9 Å². The van der Waals surface area contributed by atoms with E-state index in [0.717, 1.165) is 73.4 Å². The first-order chi connectivity index (χ1) is 20.1. The average molecular weight is 668 g/mol. The lowest BCUT2D eigenvalue weighted by Crippen LogP contribution is -3.00. The van der Waals surface area contributed by atoms with E-state index in [1.54, 1.807) is 0 Å².